The number of amides is 1. The van der Waals surface area contributed by atoms with Gasteiger partial charge in [0.15, 0.2) is 0 Å². The van der Waals surface area contributed by atoms with Crippen LogP contribution >= 0.6 is 11.6 Å². The highest BCUT2D eigenvalue weighted by atomic mass is 35.5. The Kier molecular flexibility index (Phi) is 4.75. The van der Waals surface area contributed by atoms with Crippen LogP contribution in [0.15, 0.2) is 29.4 Å². The van der Waals surface area contributed by atoms with Crippen LogP contribution in [0.4, 0.5) is 0 Å². The molecule has 2 rings (SSSR count). The first-order valence-electron chi connectivity index (χ1n) is 6.52. The molecule has 0 radical (unpaired) electrons. The number of benzene rings is 1. The Bertz CT molecular complexity index is 516. The molecule has 1 heterocycles. The zero-order chi connectivity index (χ0) is 14.7. The van der Waals surface area contributed by atoms with Gasteiger partial charge in [-0.25, -0.2) is 5.01 Å². The number of β-amino-alcohol motifs (C(OH)–C–C–N with tert-alkyl or cyclic N) is 1. The minimum atomic E-state index is -1.12. The first-order chi connectivity index (χ1) is 9.51. The van der Waals surface area contributed by atoms with Crippen molar-refractivity contribution in [3.63, 3.8) is 0 Å². The molecule has 0 aliphatic carbocycles. The van der Waals surface area contributed by atoms with Gasteiger partial charge in [0.25, 0.3) is 5.91 Å². The molecule has 5 nitrogen and oxygen atoms in total. The summed E-state index contributed by atoms with van der Waals surface area (Å²) in [7, 11) is 0. The smallest absolute Gasteiger partial charge is 0.271 e. The van der Waals surface area contributed by atoms with Crippen LogP contribution in [0.3, 0.4) is 0 Å². The van der Waals surface area contributed by atoms with Crippen molar-refractivity contribution >= 4 is 23.2 Å². The molecule has 20 heavy (non-hydrogen) atoms. The van der Waals surface area contributed by atoms with Crippen molar-refractivity contribution in [2.75, 3.05) is 6.54 Å². The monoisotopic (exact) mass is 296 g/mol. The van der Waals surface area contributed by atoms with Crippen molar-refractivity contribution in [3.8, 4) is 0 Å². The maximum absolute atomic E-state index is 11.8. The van der Waals surface area contributed by atoms with E-state index in [2.05, 4.69) is 5.10 Å². The number of hydrogen-bond acceptors (Lipinski definition) is 4. The number of aliphatic hydroxyl groups excluding tert-OH is 2. The number of nitrogens with zero attached hydrogens (tertiary/aromatic N) is 2. The van der Waals surface area contributed by atoms with E-state index in [-0.39, 0.29) is 13.0 Å². The third-order valence-corrected chi connectivity index (χ3v) is 3.45. The van der Waals surface area contributed by atoms with Gasteiger partial charge in [-0.3, -0.25) is 4.79 Å². The van der Waals surface area contributed by atoms with Gasteiger partial charge in [-0.1, -0.05) is 30.7 Å². The normalized spacial score (nSPS) is 20.8. The van der Waals surface area contributed by atoms with E-state index in [9.17, 15) is 15.0 Å². The predicted octanol–water partition coefficient (Wildman–Crippen LogP) is 1.41. The molecule has 6 heteroatoms. The second-order valence-corrected chi connectivity index (χ2v) is 5.19. The van der Waals surface area contributed by atoms with Crippen molar-refractivity contribution in [3.05, 3.63) is 34.9 Å². The lowest BCUT2D eigenvalue weighted by molar-refractivity contribution is -0.142. The van der Waals surface area contributed by atoms with Gasteiger partial charge in [-0.15, -0.1) is 0 Å². The van der Waals surface area contributed by atoms with E-state index in [0.717, 1.165) is 10.6 Å². The average molecular weight is 297 g/mol. The molecule has 0 aromatic heterocycles. The van der Waals surface area contributed by atoms with Crippen LogP contribution in [0.25, 0.3) is 0 Å². The fraction of sp³-hybridized carbons (Fsp3) is 0.429. The van der Waals surface area contributed by atoms with Crippen LogP contribution in [0.5, 0.6) is 0 Å². The van der Waals surface area contributed by atoms with E-state index in [0.29, 0.717) is 17.2 Å². The zero-order valence-corrected chi connectivity index (χ0v) is 11.9. The van der Waals surface area contributed by atoms with Gasteiger partial charge >= 0.3 is 0 Å². The second kappa shape index (κ2) is 6.35. The highest BCUT2D eigenvalue weighted by Crippen LogP contribution is 2.18. The number of rotatable bonds is 4. The number of hydrazone groups is 1. The largest absolute Gasteiger partial charge is 0.391 e. The van der Waals surface area contributed by atoms with Crippen LogP contribution in [-0.2, 0) is 4.79 Å². The SMILES string of the molecule is CCC(O)CN1N=C(c2ccc(Cl)cc2)CC(O)C1=O. The Labute approximate surface area is 122 Å². The van der Waals surface area contributed by atoms with Crippen LogP contribution in [0.1, 0.15) is 25.3 Å². The van der Waals surface area contributed by atoms with E-state index < -0.39 is 18.1 Å². The molecular weight excluding hydrogens is 280 g/mol. The molecule has 108 valence electrons. The van der Waals surface area contributed by atoms with Crippen LogP contribution < -0.4 is 0 Å². The first-order valence-corrected chi connectivity index (χ1v) is 6.90. The first kappa shape index (κ1) is 15.0. The molecule has 1 aliphatic heterocycles. The lowest BCUT2D eigenvalue weighted by Gasteiger charge is -2.28. The van der Waals surface area contributed by atoms with Crippen molar-refractivity contribution in [2.45, 2.75) is 32.0 Å². The molecule has 0 saturated heterocycles. The standard InChI is InChI=1S/C14H17ClN2O3/c1-2-11(18)8-17-14(20)13(19)7-12(16-17)9-3-5-10(15)6-4-9/h3-6,11,13,18-19H,2,7-8H2,1H3. The maximum atomic E-state index is 11.8. The van der Waals surface area contributed by atoms with E-state index in [1.54, 1.807) is 24.3 Å². The highest BCUT2D eigenvalue weighted by Gasteiger charge is 2.30. The molecule has 0 fully saturated rings. The lowest BCUT2D eigenvalue weighted by atomic mass is 10.0. The summed E-state index contributed by atoms with van der Waals surface area (Å²) in [6.07, 6.45) is -1.09. The third kappa shape index (κ3) is 3.36. The number of aliphatic hydroxyl groups is 2. The summed E-state index contributed by atoms with van der Waals surface area (Å²) in [4.78, 5) is 11.8. The van der Waals surface area contributed by atoms with Gasteiger partial charge < -0.3 is 10.2 Å². The van der Waals surface area contributed by atoms with Crippen molar-refractivity contribution in [2.24, 2.45) is 5.10 Å². The van der Waals surface area contributed by atoms with E-state index in [1.165, 1.54) is 0 Å². The Balaban J connectivity index is 2.25. The average Bonchev–Trinajstić information content (AvgIpc) is 2.44. The molecule has 0 saturated carbocycles. The minimum absolute atomic E-state index is 0.0868. The van der Waals surface area contributed by atoms with E-state index in [1.807, 2.05) is 6.92 Å². The highest BCUT2D eigenvalue weighted by molar-refractivity contribution is 6.30. The quantitative estimate of drug-likeness (QED) is 0.882. The summed E-state index contributed by atoms with van der Waals surface area (Å²) in [5.41, 5.74) is 1.41. The van der Waals surface area contributed by atoms with Crippen LogP contribution in [0, 0.1) is 0 Å². The topological polar surface area (TPSA) is 73.1 Å². The summed E-state index contributed by atoms with van der Waals surface area (Å²) in [5.74, 6) is -0.477. The molecule has 1 aliphatic rings. The zero-order valence-electron chi connectivity index (χ0n) is 11.2. The summed E-state index contributed by atoms with van der Waals surface area (Å²) < 4.78 is 0. The van der Waals surface area contributed by atoms with Gasteiger partial charge in [0.2, 0.25) is 0 Å². The van der Waals surface area contributed by atoms with Crippen molar-refractivity contribution < 1.29 is 15.0 Å². The third-order valence-electron chi connectivity index (χ3n) is 3.20. The molecule has 1 amide bonds. The molecule has 0 spiro atoms. The second-order valence-electron chi connectivity index (χ2n) is 4.76. The van der Waals surface area contributed by atoms with Gasteiger partial charge in [0.05, 0.1) is 18.4 Å². The van der Waals surface area contributed by atoms with Crippen LogP contribution in [-0.4, -0.2) is 45.6 Å². The van der Waals surface area contributed by atoms with E-state index >= 15 is 0 Å². The number of carbonyl (C=O) groups is 1. The van der Waals surface area contributed by atoms with Gasteiger partial charge in [-0.05, 0) is 24.1 Å². The summed E-state index contributed by atoms with van der Waals surface area (Å²) in [6.45, 7) is 1.91. The number of carbonyl (C=O) groups excluding carboxylic acids is 1. The molecule has 2 unspecified atom stereocenters. The van der Waals surface area contributed by atoms with Crippen LogP contribution in [0.2, 0.25) is 5.02 Å². The Morgan fingerprint density at radius 2 is 2.10 bits per heavy atom. The summed E-state index contributed by atoms with van der Waals surface area (Å²) >= 11 is 5.83. The van der Waals surface area contributed by atoms with Crippen molar-refractivity contribution in [1.82, 2.24) is 5.01 Å². The summed E-state index contributed by atoms with van der Waals surface area (Å²) in [5, 5.41) is 25.5. The molecule has 1 aromatic rings. The number of hydrogen-bond donors (Lipinski definition) is 2. The molecule has 0 bridgehead atoms. The maximum Gasteiger partial charge on any atom is 0.271 e. The predicted molar refractivity (Wildman–Crippen MR) is 76.6 cm³/mol. The lowest BCUT2D eigenvalue weighted by Crippen LogP contribution is -2.45. The van der Waals surface area contributed by atoms with E-state index in [4.69, 9.17) is 11.6 Å². The summed E-state index contributed by atoms with van der Waals surface area (Å²) in [6, 6.07) is 7.04. The molecule has 2 N–H and O–H groups in total. The fourth-order valence-corrected chi connectivity index (χ4v) is 2.08. The minimum Gasteiger partial charge on any atom is -0.391 e. The molecule has 2 atom stereocenters. The molecule has 1 aromatic carbocycles. The Hall–Kier alpha value is -1.43. The van der Waals surface area contributed by atoms with Gasteiger partial charge in [-0.2, -0.15) is 5.10 Å². The van der Waals surface area contributed by atoms with Gasteiger partial charge in [0, 0.05) is 11.4 Å². The van der Waals surface area contributed by atoms with Crippen molar-refractivity contribution in [1.29, 1.82) is 0 Å². The van der Waals surface area contributed by atoms with Gasteiger partial charge in [0.1, 0.15) is 6.10 Å². The Morgan fingerprint density at radius 3 is 2.70 bits per heavy atom. The number of halogens is 1. The molecular formula is C14H17ClN2O3. The Morgan fingerprint density at radius 1 is 1.45 bits per heavy atom. The fourth-order valence-electron chi connectivity index (χ4n) is 1.96.